The number of aryl methyl sites for hydroxylation is 3. The zero-order valence-electron chi connectivity index (χ0n) is 17.8. The predicted molar refractivity (Wildman–Crippen MR) is 111 cm³/mol. The molecule has 1 unspecified atom stereocenters. The maximum Gasteiger partial charge on any atom is 0.122 e. The van der Waals surface area contributed by atoms with Crippen molar-refractivity contribution >= 4 is 0 Å². The van der Waals surface area contributed by atoms with E-state index in [4.69, 9.17) is 0 Å². The van der Waals surface area contributed by atoms with Crippen molar-refractivity contribution in [1.82, 2.24) is 38.5 Å². The molecule has 0 aromatic carbocycles. The lowest BCUT2D eigenvalue weighted by Crippen LogP contribution is -2.38. The highest BCUT2D eigenvalue weighted by atomic mass is 16.3. The first-order valence-electron chi connectivity index (χ1n) is 9.93. The molecule has 29 heavy (non-hydrogen) atoms. The topological polar surface area (TPSA) is 80.2 Å². The van der Waals surface area contributed by atoms with Crippen molar-refractivity contribution in [3.05, 3.63) is 54.7 Å². The summed E-state index contributed by atoms with van der Waals surface area (Å²) in [5.41, 5.74) is 0. The second kappa shape index (κ2) is 9.82. The molecule has 3 aromatic rings. The highest BCUT2D eigenvalue weighted by Gasteiger charge is 2.17. The van der Waals surface area contributed by atoms with Gasteiger partial charge in [-0.15, -0.1) is 0 Å². The van der Waals surface area contributed by atoms with Crippen molar-refractivity contribution in [3.63, 3.8) is 0 Å². The smallest absolute Gasteiger partial charge is 0.122 e. The van der Waals surface area contributed by atoms with Crippen molar-refractivity contribution in [1.29, 1.82) is 0 Å². The molecule has 0 amide bonds. The summed E-state index contributed by atoms with van der Waals surface area (Å²) in [6.07, 6.45) is 11.0. The normalized spacial score (nSPS) is 12.9. The molecule has 3 aromatic heterocycles. The van der Waals surface area contributed by atoms with Gasteiger partial charge in [0.1, 0.15) is 17.5 Å². The molecule has 9 nitrogen and oxygen atoms in total. The summed E-state index contributed by atoms with van der Waals surface area (Å²) in [6.45, 7) is 6.25. The van der Waals surface area contributed by atoms with Crippen LogP contribution in [0, 0.1) is 0 Å². The highest BCUT2D eigenvalue weighted by Crippen LogP contribution is 2.09. The Kier molecular flexibility index (Phi) is 7.18. The number of aliphatic hydroxyl groups excluding tert-OH is 1. The fourth-order valence-corrected chi connectivity index (χ4v) is 3.35. The summed E-state index contributed by atoms with van der Waals surface area (Å²) in [6, 6.07) is 0. The molecule has 158 valence electrons. The zero-order valence-corrected chi connectivity index (χ0v) is 17.8. The van der Waals surface area contributed by atoms with Gasteiger partial charge in [-0.3, -0.25) is 9.80 Å². The molecule has 0 radical (unpaired) electrons. The Morgan fingerprint density at radius 1 is 0.759 bits per heavy atom. The van der Waals surface area contributed by atoms with Crippen LogP contribution >= 0.6 is 0 Å². The van der Waals surface area contributed by atoms with Gasteiger partial charge in [-0.1, -0.05) is 0 Å². The number of hydrogen-bond donors (Lipinski definition) is 1. The Morgan fingerprint density at radius 2 is 1.14 bits per heavy atom. The average molecular weight is 401 g/mol. The molecular weight excluding hydrogens is 368 g/mol. The van der Waals surface area contributed by atoms with E-state index in [0.29, 0.717) is 13.1 Å². The Bertz CT molecular complexity index is 838. The molecule has 0 fully saturated rings. The first-order chi connectivity index (χ1) is 13.9. The van der Waals surface area contributed by atoms with E-state index in [2.05, 4.69) is 24.8 Å². The largest absolute Gasteiger partial charge is 0.392 e. The van der Waals surface area contributed by atoms with Gasteiger partial charge in [0.2, 0.25) is 0 Å². The molecule has 1 atom stereocenters. The van der Waals surface area contributed by atoms with E-state index in [1.807, 2.05) is 78.9 Å². The lowest BCUT2D eigenvalue weighted by atomic mass is 10.3. The summed E-state index contributed by atoms with van der Waals surface area (Å²) in [5, 5.41) is 9.96. The highest BCUT2D eigenvalue weighted by molar-refractivity contribution is 4.95. The van der Waals surface area contributed by atoms with Gasteiger partial charge in [0.05, 0.1) is 25.7 Å². The second-order valence-corrected chi connectivity index (χ2v) is 7.66. The van der Waals surface area contributed by atoms with Crippen LogP contribution in [0.1, 0.15) is 24.4 Å². The summed E-state index contributed by atoms with van der Waals surface area (Å²) < 4.78 is 6.12. The minimum absolute atomic E-state index is 0.396. The van der Waals surface area contributed by atoms with E-state index in [1.165, 1.54) is 0 Å². The summed E-state index contributed by atoms with van der Waals surface area (Å²) in [7, 11) is 6.03. The van der Waals surface area contributed by atoms with Gasteiger partial charge in [-0.2, -0.15) is 0 Å². The van der Waals surface area contributed by atoms with Crippen molar-refractivity contribution in [3.8, 4) is 0 Å². The van der Waals surface area contributed by atoms with Crippen molar-refractivity contribution in [2.75, 3.05) is 19.6 Å². The maximum absolute atomic E-state index is 9.96. The van der Waals surface area contributed by atoms with Gasteiger partial charge in [0.25, 0.3) is 0 Å². The lowest BCUT2D eigenvalue weighted by Gasteiger charge is -2.28. The van der Waals surface area contributed by atoms with Crippen LogP contribution in [0.5, 0.6) is 0 Å². The number of nitrogens with zero attached hydrogens (tertiary/aromatic N) is 8. The molecule has 1 N–H and O–H groups in total. The number of rotatable bonds is 11. The van der Waals surface area contributed by atoms with Crippen molar-refractivity contribution in [2.24, 2.45) is 21.1 Å². The van der Waals surface area contributed by atoms with Crippen molar-refractivity contribution < 1.29 is 5.11 Å². The van der Waals surface area contributed by atoms with Crippen LogP contribution < -0.4 is 0 Å². The van der Waals surface area contributed by atoms with Gasteiger partial charge < -0.3 is 18.8 Å². The molecule has 3 rings (SSSR count). The van der Waals surface area contributed by atoms with Crippen LogP contribution in [-0.4, -0.2) is 69.3 Å². The Labute approximate surface area is 172 Å². The second-order valence-electron chi connectivity index (χ2n) is 7.66. The third-order valence-electron chi connectivity index (χ3n) is 5.11. The monoisotopic (exact) mass is 400 g/mol. The summed E-state index contributed by atoms with van der Waals surface area (Å²) in [4.78, 5) is 18.0. The molecule has 0 saturated carbocycles. The zero-order chi connectivity index (χ0) is 20.8. The molecule has 0 spiro atoms. The van der Waals surface area contributed by atoms with E-state index >= 15 is 0 Å². The minimum atomic E-state index is -0.396. The predicted octanol–water partition coefficient (Wildman–Crippen LogP) is 0.772. The van der Waals surface area contributed by atoms with Gasteiger partial charge in [0, 0.05) is 78.0 Å². The Balaban J connectivity index is 1.69. The number of aromatic nitrogens is 6. The molecule has 0 aliphatic heterocycles. The SMILES string of the molecule is CC(O)CN(CCN(Cc1nccn1C)Cc1nccn1C)Cc1nccn1C. The van der Waals surface area contributed by atoms with Crippen molar-refractivity contribution in [2.45, 2.75) is 32.7 Å². The molecule has 0 saturated heterocycles. The Morgan fingerprint density at radius 3 is 1.48 bits per heavy atom. The average Bonchev–Trinajstić information content (AvgIpc) is 3.37. The van der Waals surface area contributed by atoms with E-state index in [0.717, 1.165) is 43.7 Å². The fraction of sp³-hybridized carbons (Fsp3) is 0.550. The van der Waals surface area contributed by atoms with Gasteiger partial charge >= 0.3 is 0 Å². The first-order valence-corrected chi connectivity index (χ1v) is 9.93. The van der Waals surface area contributed by atoms with Crippen LogP contribution in [0.3, 0.4) is 0 Å². The van der Waals surface area contributed by atoms with Gasteiger partial charge in [-0.05, 0) is 6.92 Å². The van der Waals surface area contributed by atoms with E-state index in [1.54, 1.807) is 0 Å². The van der Waals surface area contributed by atoms with Crippen LogP contribution in [0.15, 0.2) is 37.2 Å². The first kappa shape index (κ1) is 21.2. The molecule has 9 heteroatoms. The minimum Gasteiger partial charge on any atom is -0.392 e. The summed E-state index contributed by atoms with van der Waals surface area (Å²) in [5.74, 6) is 3.03. The molecule has 3 heterocycles. The van der Waals surface area contributed by atoms with Gasteiger partial charge in [0.15, 0.2) is 0 Å². The van der Waals surface area contributed by atoms with E-state index < -0.39 is 6.10 Å². The summed E-state index contributed by atoms with van der Waals surface area (Å²) >= 11 is 0. The number of aliphatic hydroxyl groups is 1. The molecular formula is C20H32N8O. The van der Waals surface area contributed by atoms with Crippen LogP contribution in [0.2, 0.25) is 0 Å². The molecule has 0 aliphatic carbocycles. The number of imidazole rings is 3. The van der Waals surface area contributed by atoms with E-state index in [-0.39, 0.29) is 0 Å². The maximum atomic E-state index is 9.96. The standard InChI is InChI=1S/C20H32N8O/c1-17(29)13-27(14-18-21-5-8-24(18)2)11-12-28(15-19-22-6-9-25(19)3)16-20-23-7-10-26(20)4/h5-10,17,29H,11-16H2,1-4H3. The quantitative estimate of drug-likeness (QED) is 0.512. The lowest BCUT2D eigenvalue weighted by molar-refractivity contribution is 0.106. The van der Waals surface area contributed by atoms with E-state index in [9.17, 15) is 5.11 Å². The van der Waals surface area contributed by atoms with Crippen LogP contribution in [0.4, 0.5) is 0 Å². The van der Waals surface area contributed by atoms with Crippen LogP contribution in [-0.2, 0) is 40.8 Å². The number of hydrogen-bond acceptors (Lipinski definition) is 6. The van der Waals surface area contributed by atoms with Crippen LogP contribution in [0.25, 0.3) is 0 Å². The molecule has 0 aliphatic rings. The third-order valence-corrected chi connectivity index (χ3v) is 5.11. The Hall–Kier alpha value is -2.49. The van der Waals surface area contributed by atoms with Gasteiger partial charge in [-0.25, -0.2) is 15.0 Å². The third kappa shape index (κ3) is 5.99. The fourth-order valence-electron chi connectivity index (χ4n) is 3.35. The molecule has 0 bridgehead atoms.